The lowest BCUT2D eigenvalue weighted by molar-refractivity contribution is -0.222. The Morgan fingerprint density at radius 2 is 1.81 bits per heavy atom. The van der Waals surface area contributed by atoms with Gasteiger partial charge < -0.3 is 14.2 Å². The molecule has 0 radical (unpaired) electrons. The summed E-state index contributed by atoms with van der Waals surface area (Å²) in [7, 11) is 0. The second kappa shape index (κ2) is 8.21. The standard InChI is InChI=1S/C21H25FO5/c1-21(2)26-19(23)17(20(24)27-21)10-15-8-9-16(18(22)11-15)13-25-12-14-6-4-3-5-7-14/h8-11,14H,3-7,12-13H2,1-2H3. The predicted octanol–water partition coefficient (Wildman–Crippen LogP) is 4.14. The Bertz CT molecular complexity index is 725. The van der Waals surface area contributed by atoms with Gasteiger partial charge in [0.15, 0.2) is 0 Å². The number of rotatable bonds is 5. The summed E-state index contributed by atoms with van der Waals surface area (Å²) in [4.78, 5) is 23.9. The number of hydrogen-bond donors (Lipinski definition) is 0. The first-order chi connectivity index (χ1) is 12.8. The van der Waals surface area contributed by atoms with Crippen LogP contribution in [-0.2, 0) is 30.4 Å². The molecule has 1 aromatic rings. The van der Waals surface area contributed by atoms with Crippen LogP contribution in [0.1, 0.15) is 57.1 Å². The first kappa shape index (κ1) is 19.5. The van der Waals surface area contributed by atoms with Gasteiger partial charge in [-0.1, -0.05) is 31.4 Å². The van der Waals surface area contributed by atoms with E-state index in [1.54, 1.807) is 12.1 Å². The SMILES string of the molecule is CC1(C)OC(=O)C(=Cc2ccc(COCC3CCCCC3)c(F)c2)C(=O)O1. The van der Waals surface area contributed by atoms with Gasteiger partial charge in [-0.25, -0.2) is 14.0 Å². The number of carbonyl (C=O) groups excluding carboxylic acids is 2. The molecule has 0 aromatic heterocycles. The lowest BCUT2D eigenvalue weighted by Crippen LogP contribution is -2.41. The van der Waals surface area contributed by atoms with Gasteiger partial charge in [0.1, 0.15) is 11.4 Å². The van der Waals surface area contributed by atoms with Gasteiger partial charge in [0.25, 0.3) is 5.79 Å². The van der Waals surface area contributed by atoms with Crippen LogP contribution in [0.25, 0.3) is 6.08 Å². The molecule has 3 rings (SSSR count). The summed E-state index contributed by atoms with van der Waals surface area (Å²) in [6.07, 6.45) is 7.41. The van der Waals surface area contributed by atoms with Crippen LogP contribution in [-0.4, -0.2) is 24.3 Å². The molecule has 1 saturated carbocycles. The first-order valence-electron chi connectivity index (χ1n) is 9.38. The highest BCUT2D eigenvalue weighted by atomic mass is 19.1. The zero-order valence-electron chi connectivity index (χ0n) is 15.8. The fourth-order valence-electron chi connectivity index (χ4n) is 3.40. The third-order valence-corrected chi connectivity index (χ3v) is 4.84. The summed E-state index contributed by atoms with van der Waals surface area (Å²) in [6.45, 7) is 3.80. The molecule has 0 spiro atoms. The Morgan fingerprint density at radius 3 is 2.44 bits per heavy atom. The number of halogens is 1. The molecule has 2 aliphatic rings. The third kappa shape index (κ3) is 5.16. The highest BCUT2D eigenvalue weighted by molar-refractivity contribution is 6.18. The molecule has 1 aromatic carbocycles. The van der Waals surface area contributed by atoms with Gasteiger partial charge in [-0.2, -0.15) is 0 Å². The molecule has 0 bridgehead atoms. The van der Waals surface area contributed by atoms with Gasteiger partial charge in [0, 0.05) is 26.0 Å². The average molecular weight is 376 g/mol. The van der Waals surface area contributed by atoms with Crippen molar-refractivity contribution in [1.82, 2.24) is 0 Å². The maximum Gasteiger partial charge on any atom is 0.348 e. The average Bonchev–Trinajstić information content (AvgIpc) is 2.60. The summed E-state index contributed by atoms with van der Waals surface area (Å²) in [5, 5.41) is 0. The largest absolute Gasteiger partial charge is 0.419 e. The van der Waals surface area contributed by atoms with E-state index in [1.165, 1.54) is 58.1 Å². The summed E-state index contributed by atoms with van der Waals surface area (Å²) < 4.78 is 30.1. The molecule has 146 valence electrons. The van der Waals surface area contributed by atoms with E-state index in [9.17, 15) is 14.0 Å². The summed E-state index contributed by atoms with van der Waals surface area (Å²) >= 11 is 0. The highest BCUT2D eigenvalue weighted by Gasteiger charge is 2.38. The number of carbonyl (C=O) groups is 2. The molecule has 1 saturated heterocycles. The van der Waals surface area contributed by atoms with E-state index < -0.39 is 23.5 Å². The van der Waals surface area contributed by atoms with Gasteiger partial charge in [-0.3, -0.25) is 0 Å². The highest BCUT2D eigenvalue weighted by Crippen LogP contribution is 2.26. The minimum atomic E-state index is -1.30. The van der Waals surface area contributed by atoms with Crippen molar-refractivity contribution in [3.05, 3.63) is 40.7 Å². The maximum atomic E-state index is 14.3. The quantitative estimate of drug-likeness (QED) is 0.439. The van der Waals surface area contributed by atoms with Crippen molar-refractivity contribution >= 4 is 18.0 Å². The molecule has 2 fully saturated rings. The van der Waals surface area contributed by atoms with Crippen LogP contribution in [0.5, 0.6) is 0 Å². The van der Waals surface area contributed by atoms with Gasteiger partial charge in [0.2, 0.25) is 0 Å². The maximum absolute atomic E-state index is 14.3. The van der Waals surface area contributed by atoms with Crippen LogP contribution in [0.2, 0.25) is 0 Å². The van der Waals surface area contributed by atoms with Crippen molar-refractivity contribution in [2.75, 3.05) is 6.61 Å². The molecule has 0 amide bonds. The fraction of sp³-hybridized carbons (Fsp3) is 0.524. The predicted molar refractivity (Wildman–Crippen MR) is 96.9 cm³/mol. The zero-order chi connectivity index (χ0) is 19.4. The summed E-state index contributed by atoms with van der Waals surface area (Å²) in [5.74, 6) is -2.73. The summed E-state index contributed by atoms with van der Waals surface area (Å²) in [6, 6.07) is 4.51. The molecular weight excluding hydrogens is 351 g/mol. The van der Waals surface area contributed by atoms with E-state index in [1.807, 2.05) is 0 Å². The third-order valence-electron chi connectivity index (χ3n) is 4.84. The normalized spacial score (nSPS) is 20.2. The smallest absolute Gasteiger partial charge is 0.348 e. The van der Waals surface area contributed by atoms with Gasteiger partial charge >= 0.3 is 11.9 Å². The van der Waals surface area contributed by atoms with Gasteiger partial charge in [0.05, 0.1) is 6.61 Å². The fourth-order valence-corrected chi connectivity index (χ4v) is 3.40. The van der Waals surface area contributed by atoms with E-state index in [0.717, 1.165) is 0 Å². The summed E-state index contributed by atoms with van der Waals surface area (Å²) in [5.41, 5.74) is 0.574. The molecule has 0 N–H and O–H groups in total. The van der Waals surface area contributed by atoms with E-state index in [4.69, 9.17) is 14.2 Å². The van der Waals surface area contributed by atoms with Gasteiger partial charge in [-0.15, -0.1) is 0 Å². The first-order valence-corrected chi connectivity index (χ1v) is 9.38. The Morgan fingerprint density at radius 1 is 1.15 bits per heavy atom. The van der Waals surface area contributed by atoms with Crippen molar-refractivity contribution < 1.29 is 28.2 Å². The van der Waals surface area contributed by atoms with Crippen molar-refractivity contribution in [3.8, 4) is 0 Å². The molecule has 0 atom stereocenters. The second-order valence-corrected chi connectivity index (χ2v) is 7.61. The zero-order valence-corrected chi connectivity index (χ0v) is 15.8. The lowest BCUT2D eigenvalue weighted by atomic mass is 9.90. The lowest BCUT2D eigenvalue weighted by Gasteiger charge is -2.29. The Labute approximate surface area is 158 Å². The monoisotopic (exact) mass is 376 g/mol. The molecule has 1 heterocycles. The topological polar surface area (TPSA) is 61.8 Å². The van der Waals surface area contributed by atoms with Crippen molar-refractivity contribution in [1.29, 1.82) is 0 Å². The minimum absolute atomic E-state index is 0.206. The van der Waals surface area contributed by atoms with Crippen LogP contribution in [0.3, 0.4) is 0 Å². The van der Waals surface area contributed by atoms with Crippen LogP contribution in [0.15, 0.2) is 23.8 Å². The molecule has 5 nitrogen and oxygen atoms in total. The van der Waals surface area contributed by atoms with E-state index in [0.29, 0.717) is 23.7 Å². The van der Waals surface area contributed by atoms with Crippen LogP contribution in [0, 0.1) is 11.7 Å². The van der Waals surface area contributed by atoms with Crippen LogP contribution >= 0.6 is 0 Å². The van der Waals surface area contributed by atoms with E-state index in [2.05, 4.69) is 0 Å². The molecular formula is C21H25FO5. The molecule has 27 heavy (non-hydrogen) atoms. The number of cyclic esters (lactones) is 2. The van der Waals surface area contributed by atoms with Crippen LogP contribution in [0.4, 0.5) is 4.39 Å². The van der Waals surface area contributed by atoms with E-state index >= 15 is 0 Å². The number of ether oxygens (including phenoxy) is 3. The second-order valence-electron chi connectivity index (χ2n) is 7.61. The van der Waals surface area contributed by atoms with Gasteiger partial charge in [-0.05, 0) is 36.5 Å². The number of esters is 2. The van der Waals surface area contributed by atoms with Crippen molar-refractivity contribution in [2.45, 2.75) is 58.3 Å². The Hall–Kier alpha value is -2.21. The van der Waals surface area contributed by atoms with Crippen molar-refractivity contribution in [2.24, 2.45) is 5.92 Å². The minimum Gasteiger partial charge on any atom is -0.419 e. The molecule has 6 heteroatoms. The van der Waals surface area contributed by atoms with E-state index in [-0.39, 0.29) is 12.2 Å². The van der Waals surface area contributed by atoms with Crippen molar-refractivity contribution in [3.63, 3.8) is 0 Å². The Balaban J connectivity index is 1.62. The number of hydrogen-bond acceptors (Lipinski definition) is 5. The molecule has 1 aliphatic heterocycles. The Kier molecular flexibility index (Phi) is 5.95. The molecule has 0 unspecified atom stereocenters. The van der Waals surface area contributed by atoms with Crippen LogP contribution < -0.4 is 0 Å². The number of benzene rings is 1. The molecule has 1 aliphatic carbocycles.